The van der Waals surface area contributed by atoms with Crippen molar-refractivity contribution in [2.75, 3.05) is 21.1 Å². The van der Waals surface area contributed by atoms with E-state index in [0.717, 1.165) is 22.0 Å². The van der Waals surface area contributed by atoms with Gasteiger partial charge in [0.05, 0.1) is 5.52 Å². The molecule has 6 heteroatoms. The van der Waals surface area contributed by atoms with Gasteiger partial charge in [-0.25, -0.2) is 4.39 Å². The topological polar surface area (TPSA) is 61.0 Å². The number of aromatic nitrogens is 1. The van der Waals surface area contributed by atoms with Crippen LogP contribution in [0.5, 0.6) is 0 Å². The molecule has 0 aliphatic carbocycles. The Hall–Kier alpha value is -2.38. The number of fused-ring (bicyclic) bond motifs is 2. The summed E-state index contributed by atoms with van der Waals surface area (Å²) in [5, 5.41) is 14.7. The summed E-state index contributed by atoms with van der Waals surface area (Å²) < 4.78 is 14.8. The lowest BCUT2D eigenvalue weighted by molar-refractivity contribution is 0.126. The van der Waals surface area contributed by atoms with Gasteiger partial charge in [-0.15, -0.1) is 0 Å². The second kappa shape index (κ2) is 6.65. The predicted molar refractivity (Wildman–Crippen MR) is 106 cm³/mol. The molecule has 0 spiro atoms. The van der Waals surface area contributed by atoms with Gasteiger partial charge in [0.15, 0.2) is 0 Å². The number of hydrogen-bond acceptors (Lipinski definition) is 5. The molecule has 1 unspecified atom stereocenters. The van der Waals surface area contributed by atoms with Crippen LogP contribution < -0.4 is 21.3 Å². The summed E-state index contributed by atoms with van der Waals surface area (Å²) in [6.07, 6.45) is 2.31. The first-order valence-corrected chi connectivity index (χ1v) is 9.07. The van der Waals surface area contributed by atoms with Gasteiger partial charge in [0.1, 0.15) is 17.3 Å². The van der Waals surface area contributed by atoms with Gasteiger partial charge >= 0.3 is 0 Å². The minimum atomic E-state index is -0.807. The van der Waals surface area contributed by atoms with Crippen LogP contribution in [0.1, 0.15) is 16.7 Å². The molecule has 1 aliphatic rings. The molecule has 2 aromatic carbocycles. The minimum Gasteiger partial charge on any atom is -0.295 e. The van der Waals surface area contributed by atoms with Crippen LogP contribution in [0.25, 0.3) is 10.9 Å². The van der Waals surface area contributed by atoms with Crippen molar-refractivity contribution < 1.29 is 4.39 Å². The molecule has 0 amide bonds. The average molecular weight is 365 g/mol. The number of pyridine rings is 1. The average Bonchev–Trinajstić information content (AvgIpc) is 2.73. The van der Waals surface area contributed by atoms with Crippen molar-refractivity contribution >= 4 is 10.9 Å². The van der Waals surface area contributed by atoms with Gasteiger partial charge in [-0.2, -0.15) is 0 Å². The summed E-state index contributed by atoms with van der Waals surface area (Å²) in [7, 11) is 5.58. The number of hydrogen-bond donors (Lipinski definition) is 4. The van der Waals surface area contributed by atoms with Gasteiger partial charge in [0, 0.05) is 23.6 Å². The van der Waals surface area contributed by atoms with Crippen LogP contribution in [0.15, 0.2) is 54.7 Å². The van der Waals surface area contributed by atoms with Gasteiger partial charge in [-0.1, -0.05) is 30.3 Å². The van der Waals surface area contributed by atoms with Crippen molar-refractivity contribution in [2.45, 2.75) is 17.9 Å². The molecule has 140 valence electrons. The van der Waals surface area contributed by atoms with Gasteiger partial charge in [-0.3, -0.25) is 26.3 Å². The van der Waals surface area contributed by atoms with Crippen LogP contribution >= 0.6 is 0 Å². The second-order valence-corrected chi connectivity index (χ2v) is 6.89. The maximum atomic E-state index is 14.8. The second-order valence-electron chi connectivity index (χ2n) is 6.89. The Morgan fingerprint density at radius 3 is 2.52 bits per heavy atom. The number of halogens is 1. The number of likely N-dealkylation sites (N-methyl/N-ethyl adjacent to an activating group) is 2. The summed E-state index contributed by atoms with van der Waals surface area (Å²) in [5.74, 6) is -0.888. The highest BCUT2D eigenvalue weighted by Crippen LogP contribution is 2.37. The zero-order chi connectivity index (χ0) is 19.1. The van der Waals surface area contributed by atoms with Crippen LogP contribution in [0.3, 0.4) is 0 Å². The van der Waals surface area contributed by atoms with Crippen molar-refractivity contribution in [1.82, 2.24) is 26.3 Å². The van der Waals surface area contributed by atoms with Crippen LogP contribution in [0.4, 0.5) is 4.39 Å². The normalized spacial score (nSPS) is 21.2. The fourth-order valence-corrected chi connectivity index (χ4v) is 4.06. The third kappa shape index (κ3) is 2.73. The van der Waals surface area contributed by atoms with Gasteiger partial charge < -0.3 is 0 Å². The quantitative estimate of drug-likeness (QED) is 0.533. The van der Waals surface area contributed by atoms with Crippen molar-refractivity contribution in [3.8, 4) is 0 Å². The van der Waals surface area contributed by atoms with Gasteiger partial charge in [-0.05, 0) is 50.5 Å². The maximum Gasteiger partial charge on any atom is 0.129 e. The number of benzene rings is 2. The summed E-state index contributed by atoms with van der Waals surface area (Å²) in [4.78, 5) is 4.63. The summed E-state index contributed by atoms with van der Waals surface area (Å²) in [6, 6.07) is 15.3. The molecule has 4 N–H and O–H groups in total. The monoisotopic (exact) mass is 365 g/mol. The van der Waals surface area contributed by atoms with Crippen LogP contribution in [0.2, 0.25) is 0 Å². The first-order valence-electron chi connectivity index (χ1n) is 9.07. The number of nitrogens with zero attached hydrogens (tertiary/aromatic N) is 1. The molecule has 1 atom stereocenters. The molecule has 5 nitrogen and oxygen atoms in total. The smallest absolute Gasteiger partial charge is 0.129 e. The first-order chi connectivity index (χ1) is 13.1. The van der Waals surface area contributed by atoms with Crippen molar-refractivity contribution in [1.29, 1.82) is 0 Å². The Kier molecular flexibility index (Phi) is 4.44. The van der Waals surface area contributed by atoms with E-state index < -0.39 is 11.4 Å². The third-order valence-electron chi connectivity index (χ3n) is 5.62. The Morgan fingerprint density at radius 2 is 1.78 bits per heavy atom. The highest BCUT2D eigenvalue weighted by atomic mass is 19.1. The molecule has 4 rings (SSSR count). The van der Waals surface area contributed by atoms with E-state index in [9.17, 15) is 4.39 Å². The van der Waals surface area contributed by atoms with E-state index in [1.165, 1.54) is 6.07 Å². The zero-order valence-corrected chi connectivity index (χ0v) is 15.7. The first kappa shape index (κ1) is 18.0. The molecular weight excluding hydrogens is 341 g/mol. The molecule has 0 saturated carbocycles. The molecule has 3 aromatic rings. The number of nitrogens with one attached hydrogen (secondary N) is 4. The van der Waals surface area contributed by atoms with E-state index in [1.807, 2.05) is 57.7 Å². The fourth-order valence-electron chi connectivity index (χ4n) is 4.06. The molecular formula is C21H24FN5. The lowest BCUT2D eigenvalue weighted by Crippen LogP contribution is -2.76. The molecule has 0 fully saturated rings. The standard InChI is InChI=1S/C21H24FN5/c1-23-20(24-2)12-16-17(8-6-9-18(16)22)21(25-3,27-20)15-11-14-7-4-5-10-19(14)26-13-15/h4-11,13,23-25,27H,12H2,1-3H3. The van der Waals surface area contributed by atoms with E-state index in [4.69, 9.17) is 0 Å². The molecule has 1 aliphatic heterocycles. The molecule has 0 saturated heterocycles. The molecule has 0 radical (unpaired) electrons. The van der Waals surface area contributed by atoms with E-state index >= 15 is 0 Å². The Balaban J connectivity index is 2.00. The fraction of sp³-hybridized carbons (Fsp3) is 0.286. The zero-order valence-electron chi connectivity index (χ0n) is 15.7. The van der Waals surface area contributed by atoms with Gasteiger partial charge in [0.2, 0.25) is 0 Å². The largest absolute Gasteiger partial charge is 0.295 e. The lowest BCUT2D eigenvalue weighted by atomic mass is 9.81. The van der Waals surface area contributed by atoms with Crippen LogP contribution in [0, 0.1) is 5.82 Å². The van der Waals surface area contributed by atoms with E-state index in [0.29, 0.717) is 12.0 Å². The Morgan fingerprint density at radius 1 is 1.00 bits per heavy atom. The van der Waals surface area contributed by atoms with Crippen molar-refractivity contribution in [3.05, 3.63) is 77.2 Å². The maximum absolute atomic E-state index is 14.8. The molecule has 2 heterocycles. The highest BCUT2D eigenvalue weighted by molar-refractivity contribution is 5.79. The molecule has 27 heavy (non-hydrogen) atoms. The van der Waals surface area contributed by atoms with E-state index in [2.05, 4.69) is 32.3 Å². The van der Waals surface area contributed by atoms with Gasteiger partial charge in [0.25, 0.3) is 0 Å². The van der Waals surface area contributed by atoms with E-state index in [1.54, 1.807) is 6.07 Å². The Labute approximate surface area is 158 Å². The predicted octanol–water partition coefficient (Wildman–Crippen LogP) is 2.03. The Bertz CT molecular complexity index is 985. The van der Waals surface area contributed by atoms with Crippen LogP contribution in [-0.2, 0) is 12.1 Å². The molecule has 1 aromatic heterocycles. The molecule has 0 bridgehead atoms. The SMILES string of the molecule is CNC1(NC)Cc2c(F)cccc2C(NC)(c2cnc3ccccc3c2)N1. The van der Waals surface area contributed by atoms with Crippen molar-refractivity contribution in [3.63, 3.8) is 0 Å². The third-order valence-corrected chi connectivity index (χ3v) is 5.62. The van der Waals surface area contributed by atoms with Crippen LogP contribution in [-0.4, -0.2) is 31.9 Å². The minimum absolute atomic E-state index is 0.211. The summed E-state index contributed by atoms with van der Waals surface area (Å²) in [6.45, 7) is 0. The van der Waals surface area contributed by atoms with E-state index in [-0.39, 0.29) is 5.82 Å². The summed E-state index contributed by atoms with van der Waals surface area (Å²) in [5.41, 5.74) is 2.57. The number of rotatable bonds is 4. The van der Waals surface area contributed by atoms with Crippen molar-refractivity contribution in [2.24, 2.45) is 0 Å². The highest BCUT2D eigenvalue weighted by Gasteiger charge is 2.47. The summed E-state index contributed by atoms with van der Waals surface area (Å²) >= 11 is 0. The number of para-hydroxylation sites is 1. The lowest BCUT2D eigenvalue weighted by Gasteiger charge is -2.50.